The van der Waals surface area contributed by atoms with Crippen molar-refractivity contribution in [3.05, 3.63) is 24.3 Å². The molecule has 4 nitrogen and oxygen atoms in total. The van der Waals surface area contributed by atoms with E-state index in [1.807, 2.05) is 12.1 Å². The largest absolute Gasteiger partial charge is 0.497 e. The standard InChI is InChI=1S/C16H26N2O2/c1-4-17-16(12-19,13-5-6-13)11-18(2)14-7-9-15(20-3)10-8-14/h7-10,13,17,19H,4-6,11-12H2,1-3H3. The highest BCUT2D eigenvalue weighted by Gasteiger charge is 2.44. The number of methoxy groups -OCH3 is 1. The zero-order chi connectivity index (χ0) is 14.6. The Hall–Kier alpha value is -1.26. The van der Waals surface area contributed by atoms with Crippen LogP contribution < -0.4 is 15.0 Å². The fourth-order valence-corrected chi connectivity index (χ4v) is 2.90. The van der Waals surface area contributed by atoms with Gasteiger partial charge in [-0.2, -0.15) is 0 Å². The highest BCUT2D eigenvalue weighted by molar-refractivity contribution is 5.49. The van der Waals surface area contributed by atoms with E-state index in [0.29, 0.717) is 5.92 Å². The lowest BCUT2D eigenvalue weighted by molar-refractivity contribution is 0.146. The van der Waals surface area contributed by atoms with E-state index >= 15 is 0 Å². The molecule has 0 aliphatic heterocycles. The summed E-state index contributed by atoms with van der Waals surface area (Å²) in [5.41, 5.74) is 0.964. The Balaban J connectivity index is 2.08. The first-order chi connectivity index (χ1) is 9.65. The Morgan fingerprint density at radius 1 is 1.35 bits per heavy atom. The van der Waals surface area contributed by atoms with Crippen molar-refractivity contribution >= 4 is 5.69 Å². The first kappa shape index (κ1) is 15.1. The van der Waals surface area contributed by atoms with Gasteiger partial charge in [0, 0.05) is 19.3 Å². The zero-order valence-electron chi connectivity index (χ0n) is 12.7. The molecule has 0 radical (unpaired) electrons. The van der Waals surface area contributed by atoms with Crippen LogP contribution in [0.15, 0.2) is 24.3 Å². The van der Waals surface area contributed by atoms with Crippen LogP contribution in [0.25, 0.3) is 0 Å². The number of aliphatic hydroxyl groups excluding tert-OH is 1. The number of aliphatic hydroxyl groups is 1. The lowest BCUT2D eigenvalue weighted by Gasteiger charge is -2.37. The maximum Gasteiger partial charge on any atom is 0.119 e. The number of rotatable bonds is 8. The normalized spacial score (nSPS) is 17.6. The second kappa shape index (κ2) is 6.46. The maximum absolute atomic E-state index is 9.89. The molecule has 1 aromatic rings. The SMILES string of the molecule is CCNC(CO)(CN(C)c1ccc(OC)cc1)C1CC1. The van der Waals surface area contributed by atoms with Gasteiger partial charge >= 0.3 is 0 Å². The third-order valence-electron chi connectivity index (χ3n) is 4.20. The molecule has 0 amide bonds. The highest BCUT2D eigenvalue weighted by Crippen LogP contribution is 2.40. The van der Waals surface area contributed by atoms with Crippen molar-refractivity contribution in [3.8, 4) is 5.75 Å². The van der Waals surface area contributed by atoms with Crippen LogP contribution in [-0.2, 0) is 0 Å². The Morgan fingerprint density at radius 3 is 2.45 bits per heavy atom. The average molecular weight is 278 g/mol. The molecule has 2 rings (SSSR count). The number of benzene rings is 1. The van der Waals surface area contributed by atoms with Gasteiger partial charge in [0.05, 0.1) is 19.3 Å². The number of ether oxygens (including phenoxy) is 1. The number of anilines is 1. The molecule has 1 aliphatic carbocycles. The van der Waals surface area contributed by atoms with Gasteiger partial charge in [-0.3, -0.25) is 0 Å². The van der Waals surface area contributed by atoms with Crippen molar-refractivity contribution in [1.29, 1.82) is 0 Å². The van der Waals surface area contributed by atoms with Gasteiger partial charge in [-0.05, 0) is 49.6 Å². The van der Waals surface area contributed by atoms with E-state index in [9.17, 15) is 5.11 Å². The van der Waals surface area contributed by atoms with E-state index in [1.54, 1.807) is 7.11 Å². The van der Waals surface area contributed by atoms with Crippen LogP contribution >= 0.6 is 0 Å². The number of nitrogens with one attached hydrogen (secondary N) is 1. The van der Waals surface area contributed by atoms with Crippen LogP contribution in [0.2, 0.25) is 0 Å². The van der Waals surface area contributed by atoms with Crippen LogP contribution in [0.5, 0.6) is 5.75 Å². The molecule has 2 N–H and O–H groups in total. The molecule has 1 saturated carbocycles. The molecule has 1 atom stereocenters. The van der Waals surface area contributed by atoms with Gasteiger partial charge < -0.3 is 20.1 Å². The summed E-state index contributed by atoms with van der Waals surface area (Å²) in [7, 11) is 3.75. The molecule has 1 fully saturated rings. The van der Waals surface area contributed by atoms with Crippen molar-refractivity contribution in [3.63, 3.8) is 0 Å². The summed E-state index contributed by atoms with van der Waals surface area (Å²) >= 11 is 0. The van der Waals surface area contributed by atoms with Gasteiger partial charge in [-0.25, -0.2) is 0 Å². The first-order valence-electron chi connectivity index (χ1n) is 7.36. The molecular weight excluding hydrogens is 252 g/mol. The minimum absolute atomic E-state index is 0.177. The molecule has 4 heteroatoms. The second-order valence-electron chi connectivity index (χ2n) is 5.67. The lowest BCUT2D eigenvalue weighted by atomic mass is 9.93. The summed E-state index contributed by atoms with van der Waals surface area (Å²) in [5, 5.41) is 13.4. The molecule has 0 spiro atoms. The molecule has 1 unspecified atom stereocenters. The van der Waals surface area contributed by atoms with Crippen LogP contribution in [0.4, 0.5) is 5.69 Å². The number of hydrogen-bond acceptors (Lipinski definition) is 4. The minimum atomic E-state index is -0.177. The van der Waals surface area contributed by atoms with Crippen molar-refractivity contribution in [2.75, 3.05) is 38.8 Å². The molecule has 0 saturated heterocycles. The average Bonchev–Trinajstić information content (AvgIpc) is 3.31. The summed E-state index contributed by atoms with van der Waals surface area (Å²) < 4.78 is 5.19. The monoisotopic (exact) mass is 278 g/mol. The molecular formula is C16H26N2O2. The number of hydrogen-bond donors (Lipinski definition) is 2. The van der Waals surface area contributed by atoms with E-state index < -0.39 is 0 Å². The third kappa shape index (κ3) is 3.25. The van der Waals surface area contributed by atoms with Crippen molar-refractivity contribution < 1.29 is 9.84 Å². The first-order valence-corrected chi connectivity index (χ1v) is 7.36. The molecule has 0 bridgehead atoms. The van der Waals surface area contributed by atoms with Crippen molar-refractivity contribution in [2.45, 2.75) is 25.3 Å². The molecule has 0 aromatic heterocycles. The van der Waals surface area contributed by atoms with Crippen LogP contribution in [0.1, 0.15) is 19.8 Å². The second-order valence-corrected chi connectivity index (χ2v) is 5.67. The summed E-state index contributed by atoms with van der Waals surface area (Å²) in [6.07, 6.45) is 2.42. The predicted molar refractivity (Wildman–Crippen MR) is 82.5 cm³/mol. The summed E-state index contributed by atoms with van der Waals surface area (Å²) in [6.45, 7) is 3.98. The van der Waals surface area contributed by atoms with Gasteiger partial charge in [0.15, 0.2) is 0 Å². The predicted octanol–water partition coefficient (Wildman–Crippen LogP) is 1.88. The van der Waals surface area contributed by atoms with Crippen LogP contribution in [0.3, 0.4) is 0 Å². The number of nitrogens with zero attached hydrogens (tertiary/aromatic N) is 1. The van der Waals surface area contributed by atoms with Gasteiger partial charge in [-0.15, -0.1) is 0 Å². The molecule has 0 heterocycles. The summed E-state index contributed by atoms with van der Waals surface area (Å²) in [4.78, 5) is 2.20. The van der Waals surface area contributed by atoms with Crippen LogP contribution in [-0.4, -0.2) is 44.5 Å². The topological polar surface area (TPSA) is 44.7 Å². The lowest BCUT2D eigenvalue weighted by Crippen LogP contribution is -2.57. The van der Waals surface area contributed by atoms with E-state index in [2.05, 4.69) is 36.3 Å². The van der Waals surface area contributed by atoms with E-state index in [1.165, 1.54) is 12.8 Å². The quantitative estimate of drug-likeness (QED) is 0.762. The van der Waals surface area contributed by atoms with Crippen molar-refractivity contribution in [2.24, 2.45) is 5.92 Å². The summed E-state index contributed by atoms with van der Waals surface area (Å²) in [6, 6.07) is 8.05. The van der Waals surface area contributed by atoms with E-state index in [0.717, 1.165) is 24.5 Å². The highest BCUT2D eigenvalue weighted by atomic mass is 16.5. The minimum Gasteiger partial charge on any atom is -0.497 e. The Bertz CT molecular complexity index is 417. The Kier molecular flexibility index (Phi) is 4.89. The van der Waals surface area contributed by atoms with Crippen LogP contribution in [0, 0.1) is 5.92 Å². The van der Waals surface area contributed by atoms with Gasteiger partial charge in [-0.1, -0.05) is 6.92 Å². The molecule has 1 aromatic carbocycles. The molecule has 112 valence electrons. The molecule has 20 heavy (non-hydrogen) atoms. The fraction of sp³-hybridized carbons (Fsp3) is 0.625. The zero-order valence-corrected chi connectivity index (χ0v) is 12.7. The Labute approximate surface area is 121 Å². The molecule has 1 aliphatic rings. The van der Waals surface area contributed by atoms with E-state index in [4.69, 9.17) is 4.74 Å². The van der Waals surface area contributed by atoms with Gasteiger partial charge in [0.25, 0.3) is 0 Å². The van der Waals surface area contributed by atoms with Gasteiger partial charge in [0.2, 0.25) is 0 Å². The van der Waals surface area contributed by atoms with Crippen molar-refractivity contribution in [1.82, 2.24) is 5.32 Å². The summed E-state index contributed by atoms with van der Waals surface area (Å²) in [5.74, 6) is 1.46. The smallest absolute Gasteiger partial charge is 0.119 e. The third-order valence-corrected chi connectivity index (χ3v) is 4.20. The maximum atomic E-state index is 9.89. The number of likely N-dealkylation sites (N-methyl/N-ethyl adjacent to an activating group) is 2. The fourth-order valence-electron chi connectivity index (χ4n) is 2.90. The van der Waals surface area contributed by atoms with Gasteiger partial charge in [0.1, 0.15) is 5.75 Å². The Morgan fingerprint density at radius 2 is 2.00 bits per heavy atom. The van der Waals surface area contributed by atoms with E-state index in [-0.39, 0.29) is 12.1 Å².